The van der Waals surface area contributed by atoms with Gasteiger partial charge in [-0.2, -0.15) is 0 Å². The lowest BCUT2D eigenvalue weighted by Gasteiger charge is -2.29. The highest BCUT2D eigenvalue weighted by Crippen LogP contribution is 2.37. The molecule has 1 heteroatoms. The van der Waals surface area contributed by atoms with Gasteiger partial charge in [0.25, 0.3) is 0 Å². The first-order valence-corrected chi connectivity index (χ1v) is 6.30. The summed E-state index contributed by atoms with van der Waals surface area (Å²) in [5.41, 5.74) is 1.51. The Hall–Kier alpha value is -0.850. The van der Waals surface area contributed by atoms with Gasteiger partial charge < -0.3 is 0 Å². The molecule has 1 nitrogen and oxygen atoms in total. The average molecular weight is 203 g/mol. The molecule has 0 saturated heterocycles. The lowest BCUT2D eigenvalue weighted by atomic mass is 9.77. The van der Waals surface area contributed by atoms with Gasteiger partial charge in [0.1, 0.15) is 0 Å². The molecular formula is C14H21N. The highest BCUT2D eigenvalue weighted by molar-refractivity contribution is 5.16. The summed E-state index contributed by atoms with van der Waals surface area (Å²) in [5.74, 6) is 1.78. The monoisotopic (exact) mass is 203 g/mol. The van der Waals surface area contributed by atoms with Crippen LogP contribution in [0.25, 0.3) is 0 Å². The van der Waals surface area contributed by atoms with Crippen LogP contribution in [0.15, 0.2) is 24.5 Å². The molecule has 2 unspecified atom stereocenters. The van der Waals surface area contributed by atoms with Crippen LogP contribution in [0.4, 0.5) is 0 Å². The number of rotatable bonds is 3. The Morgan fingerprint density at radius 3 is 2.80 bits per heavy atom. The van der Waals surface area contributed by atoms with Crippen molar-refractivity contribution in [2.24, 2.45) is 5.92 Å². The van der Waals surface area contributed by atoms with E-state index < -0.39 is 0 Å². The average Bonchev–Trinajstić information content (AvgIpc) is 2.31. The second kappa shape index (κ2) is 5.29. The smallest absolute Gasteiger partial charge is 0.0270 e. The van der Waals surface area contributed by atoms with E-state index in [0.29, 0.717) is 0 Å². The van der Waals surface area contributed by atoms with Crippen molar-refractivity contribution < 1.29 is 0 Å². The molecule has 0 aromatic carbocycles. The minimum atomic E-state index is 0.804. The van der Waals surface area contributed by atoms with E-state index in [0.717, 1.165) is 11.8 Å². The van der Waals surface area contributed by atoms with Gasteiger partial charge in [0, 0.05) is 12.4 Å². The van der Waals surface area contributed by atoms with Gasteiger partial charge >= 0.3 is 0 Å². The fourth-order valence-electron chi connectivity index (χ4n) is 2.90. The van der Waals surface area contributed by atoms with E-state index in [-0.39, 0.29) is 0 Å². The fourth-order valence-corrected chi connectivity index (χ4v) is 2.90. The summed E-state index contributed by atoms with van der Waals surface area (Å²) in [5, 5.41) is 0. The van der Waals surface area contributed by atoms with Crippen molar-refractivity contribution in [3.8, 4) is 0 Å². The minimum Gasteiger partial charge on any atom is -0.265 e. The van der Waals surface area contributed by atoms with Gasteiger partial charge in [0.05, 0.1) is 0 Å². The number of nitrogens with zero attached hydrogens (tertiary/aromatic N) is 1. The van der Waals surface area contributed by atoms with Gasteiger partial charge in [-0.15, -0.1) is 0 Å². The summed E-state index contributed by atoms with van der Waals surface area (Å²) in [6.45, 7) is 2.30. The molecule has 1 fully saturated rings. The number of hydrogen-bond donors (Lipinski definition) is 0. The Balaban J connectivity index is 1.98. The topological polar surface area (TPSA) is 12.9 Å². The van der Waals surface area contributed by atoms with Crippen molar-refractivity contribution in [2.75, 3.05) is 0 Å². The molecule has 1 aliphatic rings. The van der Waals surface area contributed by atoms with Crippen molar-refractivity contribution in [3.63, 3.8) is 0 Å². The summed E-state index contributed by atoms with van der Waals surface area (Å²) in [6, 6.07) is 4.39. The van der Waals surface area contributed by atoms with E-state index in [1.807, 2.05) is 12.4 Å². The zero-order chi connectivity index (χ0) is 10.5. The van der Waals surface area contributed by atoms with Gasteiger partial charge in [0.2, 0.25) is 0 Å². The van der Waals surface area contributed by atoms with Crippen molar-refractivity contribution in [2.45, 2.75) is 51.4 Å². The Morgan fingerprint density at radius 2 is 2.07 bits per heavy atom. The van der Waals surface area contributed by atoms with E-state index in [1.165, 1.54) is 44.1 Å². The van der Waals surface area contributed by atoms with E-state index >= 15 is 0 Å². The van der Waals surface area contributed by atoms with Gasteiger partial charge in [0.15, 0.2) is 0 Å². The first kappa shape index (κ1) is 10.7. The third-order valence-electron chi connectivity index (χ3n) is 3.66. The van der Waals surface area contributed by atoms with Gasteiger partial charge in [-0.25, -0.2) is 0 Å². The number of hydrogen-bond acceptors (Lipinski definition) is 1. The normalized spacial score (nSPS) is 26.5. The van der Waals surface area contributed by atoms with Crippen LogP contribution in [0, 0.1) is 5.92 Å². The number of pyridine rings is 1. The standard InChI is InChI=1S/C14H21N/c1-2-4-12-5-3-6-14(11-12)13-7-9-15-10-8-13/h7-10,12,14H,2-6,11H2,1H3. The second-order valence-electron chi connectivity index (χ2n) is 4.80. The molecule has 1 heterocycles. The predicted molar refractivity (Wildman–Crippen MR) is 63.8 cm³/mol. The molecule has 1 aromatic rings. The third kappa shape index (κ3) is 2.80. The van der Waals surface area contributed by atoms with Gasteiger partial charge in [-0.3, -0.25) is 4.98 Å². The van der Waals surface area contributed by atoms with Crippen LogP contribution in [0.1, 0.15) is 56.9 Å². The van der Waals surface area contributed by atoms with Crippen LogP contribution in [-0.2, 0) is 0 Å². The summed E-state index contributed by atoms with van der Waals surface area (Å²) >= 11 is 0. The van der Waals surface area contributed by atoms with Crippen molar-refractivity contribution in [1.82, 2.24) is 4.98 Å². The maximum Gasteiger partial charge on any atom is 0.0270 e. The van der Waals surface area contributed by atoms with E-state index in [4.69, 9.17) is 0 Å². The van der Waals surface area contributed by atoms with Crippen LogP contribution in [-0.4, -0.2) is 4.98 Å². The molecular weight excluding hydrogens is 182 g/mol. The number of aromatic nitrogens is 1. The summed E-state index contributed by atoms with van der Waals surface area (Å²) in [4.78, 5) is 4.10. The fraction of sp³-hybridized carbons (Fsp3) is 0.643. The molecule has 0 bridgehead atoms. The van der Waals surface area contributed by atoms with Crippen LogP contribution < -0.4 is 0 Å². The Kier molecular flexibility index (Phi) is 3.76. The molecule has 1 aromatic heterocycles. The molecule has 2 rings (SSSR count). The lowest BCUT2D eigenvalue weighted by Crippen LogP contribution is -2.14. The van der Waals surface area contributed by atoms with Crippen LogP contribution >= 0.6 is 0 Å². The Labute approximate surface area is 92.9 Å². The molecule has 1 aliphatic carbocycles. The molecule has 2 atom stereocenters. The van der Waals surface area contributed by atoms with Crippen LogP contribution in [0.3, 0.4) is 0 Å². The summed E-state index contributed by atoms with van der Waals surface area (Å²) < 4.78 is 0. The zero-order valence-electron chi connectivity index (χ0n) is 9.65. The Bertz CT molecular complexity index is 279. The molecule has 0 aliphatic heterocycles. The van der Waals surface area contributed by atoms with Crippen molar-refractivity contribution in [3.05, 3.63) is 30.1 Å². The minimum absolute atomic E-state index is 0.804. The molecule has 0 radical (unpaired) electrons. The second-order valence-corrected chi connectivity index (χ2v) is 4.80. The van der Waals surface area contributed by atoms with Gasteiger partial charge in [-0.1, -0.05) is 32.6 Å². The molecule has 1 saturated carbocycles. The quantitative estimate of drug-likeness (QED) is 0.719. The summed E-state index contributed by atoms with van der Waals surface area (Å²) in [6.07, 6.45) is 12.3. The maximum absolute atomic E-state index is 4.10. The molecule has 0 N–H and O–H groups in total. The van der Waals surface area contributed by atoms with Gasteiger partial charge in [-0.05, 0) is 42.4 Å². The summed E-state index contributed by atoms with van der Waals surface area (Å²) in [7, 11) is 0. The first-order chi connectivity index (χ1) is 7.40. The van der Waals surface area contributed by atoms with E-state index in [1.54, 1.807) is 0 Å². The lowest BCUT2D eigenvalue weighted by molar-refractivity contribution is 0.304. The van der Waals surface area contributed by atoms with Crippen molar-refractivity contribution >= 4 is 0 Å². The van der Waals surface area contributed by atoms with Crippen molar-refractivity contribution in [1.29, 1.82) is 0 Å². The predicted octanol–water partition coefficient (Wildman–Crippen LogP) is 4.16. The SMILES string of the molecule is CCCC1CCCC(c2ccncc2)C1. The molecule has 15 heavy (non-hydrogen) atoms. The highest BCUT2D eigenvalue weighted by atomic mass is 14.6. The van der Waals surface area contributed by atoms with Crippen LogP contribution in [0.2, 0.25) is 0 Å². The zero-order valence-corrected chi connectivity index (χ0v) is 9.65. The maximum atomic E-state index is 4.10. The molecule has 0 amide bonds. The van der Waals surface area contributed by atoms with Crippen LogP contribution in [0.5, 0.6) is 0 Å². The molecule has 82 valence electrons. The third-order valence-corrected chi connectivity index (χ3v) is 3.66. The van der Waals surface area contributed by atoms with E-state index in [2.05, 4.69) is 24.0 Å². The Morgan fingerprint density at radius 1 is 1.27 bits per heavy atom. The largest absolute Gasteiger partial charge is 0.265 e. The first-order valence-electron chi connectivity index (χ1n) is 6.30. The highest BCUT2D eigenvalue weighted by Gasteiger charge is 2.22. The van der Waals surface area contributed by atoms with E-state index in [9.17, 15) is 0 Å². The molecule has 0 spiro atoms.